The monoisotopic (exact) mass is 249 g/mol. The Morgan fingerprint density at radius 1 is 1.39 bits per heavy atom. The maximum Gasteiger partial charge on any atom is 0.358 e. The Morgan fingerprint density at radius 3 is 2.83 bits per heavy atom. The highest BCUT2D eigenvalue weighted by Crippen LogP contribution is 2.20. The summed E-state index contributed by atoms with van der Waals surface area (Å²) < 4.78 is 15.3. The van der Waals surface area contributed by atoms with E-state index in [1.165, 1.54) is 6.07 Å². The molecule has 0 atom stereocenters. The van der Waals surface area contributed by atoms with E-state index in [2.05, 4.69) is 5.16 Å². The predicted molar refractivity (Wildman–Crippen MR) is 60.8 cm³/mol. The summed E-state index contributed by atoms with van der Waals surface area (Å²) in [6.45, 7) is 0.105. The van der Waals surface area contributed by atoms with E-state index in [9.17, 15) is 4.79 Å². The van der Waals surface area contributed by atoms with Gasteiger partial charge in [-0.25, -0.2) is 4.79 Å². The summed E-state index contributed by atoms with van der Waals surface area (Å²) in [6.07, 6.45) is 0. The van der Waals surface area contributed by atoms with Crippen LogP contribution in [-0.4, -0.2) is 23.3 Å². The van der Waals surface area contributed by atoms with Gasteiger partial charge >= 0.3 is 5.97 Å². The van der Waals surface area contributed by atoms with Crippen LogP contribution in [0.4, 0.5) is 0 Å². The Kier molecular flexibility index (Phi) is 3.47. The molecule has 0 saturated heterocycles. The standard InChI is InChI=1S/C12H11NO5/c1-16-8-3-2-4-9(5-8)17-7-10-6-11(12(14)15)13-18-10/h2-6H,7H2,1H3,(H,14,15). The first-order valence-corrected chi connectivity index (χ1v) is 5.15. The van der Waals surface area contributed by atoms with E-state index in [4.69, 9.17) is 19.1 Å². The van der Waals surface area contributed by atoms with Crippen LogP contribution in [0.15, 0.2) is 34.9 Å². The molecule has 1 N–H and O–H groups in total. The highest BCUT2D eigenvalue weighted by Gasteiger charge is 2.10. The number of carboxylic acids is 1. The lowest BCUT2D eigenvalue weighted by Crippen LogP contribution is -1.96. The summed E-state index contributed by atoms with van der Waals surface area (Å²) in [5.74, 6) is 0.487. The van der Waals surface area contributed by atoms with Gasteiger partial charge in [-0.1, -0.05) is 11.2 Å². The third-order valence-electron chi connectivity index (χ3n) is 2.20. The zero-order valence-electron chi connectivity index (χ0n) is 9.62. The number of carbonyl (C=O) groups is 1. The van der Waals surface area contributed by atoms with Crippen LogP contribution >= 0.6 is 0 Å². The molecule has 0 fully saturated rings. The van der Waals surface area contributed by atoms with Crippen molar-refractivity contribution < 1.29 is 23.9 Å². The highest BCUT2D eigenvalue weighted by molar-refractivity contribution is 5.85. The van der Waals surface area contributed by atoms with Gasteiger partial charge in [-0.3, -0.25) is 0 Å². The van der Waals surface area contributed by atoms with Crippen LogP contribution in [0, 0.1) is 0 Å². The van der Waals surface area contributed by atoms with Crippen LogP contribution in [0.1, 0.15) is 16.2 Å². The summed E-state index contributed by atoms with van der Waals surface area (Å²) in [4.78, 5) is 10.6. The molecule has 0 saturated carbocycles. The SMILES string of the molecule is COc1cccc(OCc2cc(C(=O)O)no2)c1. The van der Waals surface area contributed by atoms with Crippen LogP contribution in [0.2, 0.25) is 0 Å². The molecule has 0 bridgehead atoms. The van der Waals surface area contributed by atoms with Gasteiger partial charge in [0.15, 0.2) is 11.5 Å². The molecule has 6 heteroatoms. The van der Waals surface area contributed by atoms with E-state index in [1.54, 1.807) is 31.4 Å². The summed E-state index contributed by atoms with van der Waals surface area (Å²) in [6, 6.07) is 8.38. The van der Waals surface area contributed by atoms with Crippen LogP contribution in [0.5, 0.6) is 11.5 Å². The number of aromatic nitrogens is 1. The Bertz CT molecular complexity index is 549. The van der Waals surface area contributed by atoms with E-state index in [0.29, 0.717) is 17.3 Å². The van der Waals surface area contributed by atoms with Crippen molar-refractivity contribution in [2.45, 2.75) is 6.61 Å². The predicted octanol–water partition coefficient (Wildman–Crippen LogP) is 1.96. The van der Waals surface area contributed by atoms with Crippen molar-refractivity contribution in [1.29, 1.82) is 0 Å². The second-order valence-electron chi connectivity index (χ2n) is 3.45. The third kappa shape index (κ3) is 2.79. The summed E-state index contributed by atoms with van der Waals surface area (Å²) in [7, 11) is 1.56. The average molecular weight is 249 g/mol. The Labute approximate surface area is 103 Å². The van der Waals surface area contributed by atoms with Crippen LogP contribution in [0.3, 0.4) is 0 Å². The van der Waals surface area contributed by atoms with Crippen molar-refractivity contribution in [2.24, 2.45) is 0 Å². The zero-order chi connectivity index (χ0) is 13.0. The first-order valence-electron chi connectivity index (χ1n) is 5.15. The third-order valence-corrected chi connectivity index (χ3v) is 2.20. The summed E-state index contributed by atoms with van der Waals surface area (Å²) in [5.41, 5.74) is -0.140. The van der Waals surface area contributed by atoms with Crippen molar-refractivity contribution in [3.05, 3.63) is 41.8 Å². The molecule has 0 aliphatic heterocycles. The van der Waals surface area contributed by atoms with Gasteiger partial charge in [-0.2, -0.15) is 0 Å². The van der Waals surface area contributed by atoms with Gasteiger partial charge in [0.05, 0.1) is 7.11 Å². The van der Waals surface area contributed by atoms with Gasteiger partial charge in [0.25, 0.3) is 0 Å². The van der Waals surface area contributed by atoms with Crippen molar-refractivity contribution >= 4 is 5.97 Å². The Balaban J connectivity index is 1.99. The molecule has 0 radical (unpaired) electrons. The number of ether oxygens (including phenoxy) is 2. The molecule has 1 heterocycles. The lowest BCUT2D eigenvalue weighted by molar-refractivity contribution is 0.0685. The minimum absolute atomic E-state index is 0.105. The number of benzene rings is 1. The number of nitrogens with zero attached hydrogens (tertiary/aromatic N) is 1. The largest absolute Gasteiger partial charge is 0.497 e. The number of hydrogen-bond donors (Lipinski definition) is 1. The molecule has 0 amide bonds. The van der Waals surface area contributed by atoms with Gasteiger partial charge in [-0.05, 0) is 12.1 Å². The van der Waals surface area contributed by atoms with Gasteiger partial charge in [0.1, 0.15) is 18.1 Å². The molecule has 0 aliphatic rings. The maximum absolute atomic E-state index is 10.6. The fraction of sp³-hybridized carbons (Fsp3) is 0.167. The number of hydrogen-bond acceptors (Lipinski definition) is 5. The van der Waals surface area contributed by atoms with E-state index in [0.717, 1.165) is 0 Å². The fourth-order valence-electron chi connectivity index (χ4n) is 1.33. The summed E-state index contributed by atoms with van der Waals surface area (Å²) >= 11 is 0. The van der Waals surface area contributed by atoms with E-state index in [1.807, 2.05) is 0 Å². The second-order valence-corrected chi connectivity index (χ2v) is 3.45. The molecular formula is C12H11NO5. The molecule has 2 rings (SSSR count). The number of methoxy groups -OCH3 is 1. The topological polar surface area (TPSA) is 81.8 Å². The van der Waals surface area contributed by atoms with E-state index >= 15 is 0 Å². The first-order chi connectivity index (χ1) is 8.69. The average Bonchev–Trinajstić information content (AvgIpc) is 2.85. The molecule has 0 spiro atoms. The second kappa shape index (κ2) is 5.22. The Morgan fingerprint density at radius 2 is 2.17 bits per heavy atom. The lowest BCUT2D eigenvalue weighted by atomic mass is 10.3. The van der Waals surface area contributed by atoms with Crippen LogP contribution in [0.25, 0.3) is 0 Å². The molecule has 18 heavy (non-hydrogen) atoms. The van der Waals surface area contributed by atoms with Crippen molar-refractivity contribution in [3.8, 4) is 11.5 Å². The fourth-order valence-corrected chi connectivity index (χ4v) is 1.33. The minimum Gasteiger partial charge on any atom is -0.497 e. The smallest absolute Gasteiger partial charge is 0.358 e. The molecule has 0 unspecified atom stereocenters. The summed E-state index contributed by atoms with van der Waals surface area (Å²) in [5, 5.41) is 12.1. The zero-order valence-corrected chi connectivity index (χ0v) is 9.62. The molecule has 2 aromatic rings. The minimum atomic E-state index is -1.13. The van der Waals surface area contributed by atoms with Gasteiger partial charge in [0, 0.05) is 12.1 Å². The molecular weight excluding hydrogens is 238 g/mol. The number of rotatable bonds is 5. The van der Waals surface area contributed by atoms with E-state index < -0.39 is 5.97 Å². The Hall–Kier alpha value is -2.50. The van der Waals surface area contributed by atoms with E-state index in [-0.39, 0.29) is 12.3 Å². The molecule has 94 valence electrons. The molecule has 6 nitrogen and oxygen atoms in total. The number of aromatic carboxylic acids is 1. The molecule has 0 aliphatic carbocycles. The number of carboxylic acid groups (broad SMARTS) is 1. The van der Waals surface area contributed by atoms with Gasteiger partial charge in [0.2, 0.25) is 0 Å². The van der Waals surface area contributed by atoms with Crippen molar-refractivity contribution in [1.82, 2.24) is 5.16 Å². The molecule has 1 aromatic heterocycles. The quantitative estimate of drug-likeness (QED) is 0.872. The van der Waals surface area contributed by atoms with Crippen molar-refractivity contribution in [3.63, 3.8) is 0 Å². The first kappa shape index (κ1) is 12.0. The lowest BCUT2D eigenvalue weighted by Gasteiger charge is -2.05. The highest BCUT2D eigenvalue weighted by atomic mass is 16.5. The van der Waals surface area contributed by atoms with Crippen LogP contribution in [-0.2, 0) is 6.61 Å². The van der Waals surface area contributed by atoms with Crippen LogP contribution < -0.4 is 9.47 Å². The maximum atomic E-state index is 10.6. The van der Waals surface area contributed by atoms with Gasteiger partial charge in [-0.15, -0.1) is 0 Å². The van der Waals surface area contributed by atoms with Gasteiger partial charge < -0.3 is 19.1 Å². The van der Waals surface area contributed by atoms with Crippen molar-refractivity contribution in [2.75, 3.05) is 7.11 Å². The normalized spacial score (nSPS) is 10.1. The molecule has 1 aromatic carbocycles.